The van der Waals surface area contributed by atoms with Crippen molar-refractivity contribution < 1.29 is 37.0 Å². The first-order valence-electron chi connectivity index (χ1n) is 14.1. The molecule has 0 bridgehead atoms. The second-order valence-corrected chi connectivity index (χ2v) is 10.9. The maximum absolute atomic E-state index is 12.7. The van der Waals surface area contributed by atoms with Gasteiger partial charge in [0.15, 0.2) is 45.0 Å². The number of carbonyl (C=O) groups is 3. The molecule has 2 aliphatic rings. The highest BCUT2D eigenvalue weighted by Crippen LogP contribution is 2.30. The molecule has 0 aliphatic carbocycles. The van der Waals surface area contributed by atoms with Crippen LogP contribution < -0.4 is 26.6 Å². The second kappa shape index (κ2) is 15.6. The van der Waals surface area contributed by atoms with Gasteiger partial charge in [-0.15, -0.1) is 0 Å². The monoisotopic (exact) mass is 694 g/mol. The van der Waals surface area contributed by atoms with Gasteiger partial charge in [0.25, 0.3) is 0 Å². The van der Waals surface area contributed by atoms with Crippen LogP contribution in [0.25, 0.3) is 0 Å². The summed E-state index contributed by atoms with van der Waals surface area (Å²) >= 11 is 12.2. The van der Waals surface area contributed by atoms with E-state index in [1.807, 2.05) is 4.90 Å². The molecule has 0 radical (unpaired) electrons. The third-order valence-corrected chi connectivity index (χ3v) is 7.80. The number of hydrogen-bond donors (Lipinski definition) is 3. The number of nitrogen functional groups attached to an aromatic ring is 2. The molecule has 0 aromatic carbocycles. The normalized spacial score (nSPS) is 18.4. The first kappa shape index (κ1) is 36.6. The lowest BCUT2D eigenvalue weighted by Crippen LogP contribution is -2.58. The molecule has 2 aliphatic heterocycles. The van der Waals surface area contributed by atoms with Gasteiger partial charge in [-0.3, -0.25) is 4.79 Å². The Balaban J connectivity index is 0.000000259. The fourth-order valence-corrected chi connectivity index (χ4v) is 5.34. The molecule has 5 N–H and O–H groups in total. The van der Waals surface area contributed by atoms with E-state index in [2.05, 4.69) is 41.7 Å². The Kier molecular flexibility index (Phi) is 12.4. The van der Waals surface area contributed by atoms with Crippen molar-refractivity contribution in [1.29, 1.82) is 0 Å². The summed E-state index contributed by atoms with van der Waals surface area (Å²) < 4.78 is 47.3. The van der Waals surface area contributed by atoms with Gasteiger partial charge in [0.1, 0.15) is 0 Å². The Morgan fingerprint density at radius 2 is 1.35 bits per heavy atom. The Bertz CT molecular complexity index is 1440. The zero-order valence-electron chi connectivity index (χ0n) is 25.5. The minimum atomic E-state index is -4.93. The molecule has 254 valence electrons. The molecule has 46 heavy (non-hydrogen) atoms. The number of alkyl halides is 3. The minimum absolute atomic E-state index is 0.0304. The molecule has 0 spiro atoms. The summed E-state index contributed by atoms with van der Waals surface area (Å²) in [6, 6.07) is -0.305. The topological polar surface area (TPSA) is 195 Å². The summed E-state index contributed by atoms with van der Waals surface area (Å²) in [6.45, 7) is 6.15. The summed E-state index contributed by atoms with van der Waals surface area (Å²) in [4.78, 5) is 55.1. The van der Waals surface area contributed by atoms with E-state index in [1.165, 1.54) is 7.11 Å². The van der Waals surface area contributed by atoms with Crippen molar-refractivity contribution in [2.45, 2.75) is 44.9 Å². The predicted octanol–water partition coefficient (Wildman–Crippen LogP) is 2.18. The van der Waals surface area contributed by atoms with Crippen LogP contribution in [0.15, 0.2) is 0 Å². The number of halogens is 5. The van der Waals surface area contributed by atoms with Gasteiger partial charge in [0, 0.05) is 51.4 Å². The molecule has 20 heteroatoms. The third-order valence-electron chi connectivity index (χ3n) is 7.29. The van der Waals surface area contributed by atoms with Gasteiger partial charge in [-0.2, -0.15) is 13.2 Å². The SMILES string of the molecule is CC[C@H]1CN(c2nc(N)c(C(=O)OC)nc2Cl)CCN1.CC[C@H]1CN(c2nc(N)c(C(=O)OC)nc2Cl)CCN1C(=O)C(F)(F)F. The zero-order chi connectivity index (χ0) is 34.3. The number of piperazine rings is 2. The van der Waals surface area contributed by atoms with Crippen molar-refractivity contribution in [1.82, 2.24) is 30.2 Å². The van der Waals surface area contributed by atoms with Crippen LogP contribution in [0.2, 0.25) is 10.3 Å². The Morgan fingerprint density at radius 1 is 0.848 bits per heavy atom. The van der Waals surface area contributed by atoms with Crippen LogP contribution in [-0.4, -0.2) is 114 Å². The highest BCUT2D eigenvalue weighted by molar-refractivity contribution is 6.32. The van der Waals surface area contributed by atoms with Crippen molar-refractivity contribution >= 4 is 64.3 Å². The largest absolute Gasteiger partial charge is 0.471 e. The van der Waals surface area contributed by atoms with Crippen LogP contribution in [0.4, 0.5) is 36.4 Å². The summed E-state index contributed by atoms with van der Waals surface area (Å²) in [6.07, 6.45) is -3.62. The molecule has 1 amide bonds. The third kappa shape index (κ3) is 8.47. The van der Waals surface area contributed by atoms with Gasteiger partial charge in [0.05, 0.1) is 14.2 Å². The van der Waals surface area contributed by atoms with Gasteiger partial charge in [-0.05, 0) is 12.8 Å². The van der Waals surface area contributed by atoms with E-state index in [0.717, 1.165) is 38.1 Å². The molecule has 0 saturated carbocycles. The van der Waals surface area contributed by atoms with Crippen LogP contribution in [0.3, 0.4) is 0 Å². The lowest BCUT2D eigenvalue weighted by molar-refractivity contribution is -0.188. The molecular weight excluding hydrogens is 660 g/mol. The summed E-state index contributed by atoms with van der Waals surface area (Å²) in [5.74, 6) is -2.86. The number of esters is 2. The molecule has 4 heterocycles. The van der Waals surface area contributed by atoms with Crippen LogP contribution in [0, 0.1) is 0 Å². The number of nitrogens with zero attached hydrogens (tertiary/aromatic N) is 7. The van der Waals surface area contributed by atoms with Gasteiger partial charge in [-0.25, -0.2) is 29.5 Å². The molecule has 2 aromatic heterocycles. The average molecular weight is 696 g/mol. The van der Waals surface area contributed by atoms with E-state index in [9.17, 15) is 27.6 Å². The highest BCUT2D eigenvalue weighted by atomic mass is 35.5. The molecule has 2 aromatic rings. The number of amides is 1. The first-order chi connectivity index (χ1) is 21.7. The van der Waals surface area contributed by atoms with Crippen molar-refractivity contribution in [3.8, 4) is 0 Å². The lowest BCUT2D eigenvalue weighted by Gasteiger charge is -2.41. The standard InChI is InChI=1S/C14H17ClF3N5O3.C12H18ClN5O2/c1-3-7-6-22(4-5-23(7)13(25)14(16,17)18)11-9(15)20-8(10(19)21-11)12(24)26-2;1-3-7-6-18(5-4-15-7)11-9(13)16-8(10(14)17-11)12(19)20-2/h7H,3-6H2,1-2H3,(H2,19,21);7,15H,3-6H2,1-2H3,(H2,14,17)/t2*7-/m00/s1. The Morgan fingerprint density at radius 3 is 1.78 bits per heavy atom. The fraction of sp³-hybridized carbons (Fsp3) is 0.577. The summed E-state index contributed by atoms with van der Waals surface area (Å²) in [7, 11) is 2.40. The first-order valence-corrected chi connectivity index (χ1v) is 14.9. The Labute approximate surface area is 272 Å². The predicted molar refractivity (Wildman–Crippen MR) is 164 cm³/mol. The van der Waals surface area contributed by atoms with Crippen LogP contribution in [-0.2, 0) is 14.3 Å². The molecule has 2 atom stereocenters. The number of nitrogens with one attached hydrogen (secondary N) is 1. The van der Waals surface area contributed by atoms with Gasteiger partial charge in [0.2, 0.25) is 0 Å². The molecule has 2 fully saturated rings. The maximum atomic E-state index is 12.7. The maximum Gasteiger partial charge on any atom is 0.471 e. The molecule has 2 saturated heterocycles. The van der Waals surface area contributed by atoms with Gasteiger partial charge >= 0.3 is 24.0 Å². The van der Waals surface area contributed by atoms with Gasteiger partial charge < -0.3 is 41.0 Å². The van der Waals surface area contributed by atoms with Crippen molar-refractivity contribution in [2.75, 3.05) is 74.8 Å². The van der Waals surface area contributed by atoms with E-state index < -0.39 is 30.1 Å². The van der Waals surface area contributed by atoms with E-state index in [0.29, 0.717) is 18.3 Å². The van der Waals surface area contributed by atoms with Gasteiger partial charge in [-0.1, -0.05) is 37.0 Å². The minimum Gasteiger partial charge on any atom is -0.464 e. The molecular formula is C26H35Cl2F3N10O5. The zero-order valence-corrected chi connectivity index (χ0v) is 27.0. The number of hydrogen-bond acceptors (Lipinski definition) is 14. The summed E-state index contributed by atoms with van der Waals surface area (Å²) in [5.41, 5.74) is 11.2. The molecule has 4 rings (SSSR count). The Hall–Kier alpha value is -3.90. The lowest BCUT2D eigenvalue weighted by atomic mass is 10.1. The fourth-order valence-electron chi connectivity index (χ4n) is 4.85. The number of anilines is 4. The smallest absolute Gasteiger partial charge is 0.464 e. The number of ether oxygens (including phenoxy) is 2. The quantitative estimate of drug-likeness (QED) is 0.372. The van der Waals surface area contributed by atoms with Crippen molar-refractivity contribution in [3.05, 3.63) is 21.7 Å². The average Bonchev–Trinajstić information content (AvgIpc) is 3.04. The van der Waals surface area contributed by atoms with E-state index in [4.69, 9.17) is 34.7 Å². The number of rotatable bonds is 6. The van der Waals surface area contributed by atoms with Crippen LogP contribution in [0.1, 0.15) is 47.7 Å². The van der Waals surface area contributed by atoms with E-state index in [-0.39, 0.29) is 58.8 Å². The van der Waals surface area contributed by atoms with Crippen molar-refractivity contribution in [3.63, 3.8) is 0 Å². The van der Waals surface area contributed by atoms with Crippen LogP contribution in [0.5, 0.6) is 0 Å². The van der Waals surface area contributed by atoms with E-state index >= 15 is 0 Å². The van der Waals surface area contributed by atoms with Crippen molar-refractivity contribution in [2.24, 2.45) is 0 Å². The molecule has 15 nitrogen and oxygen atoms in total. The number of carbonyl (C=O) groups excluding carboxylic acids is 3. The van der Waals surface area contributed by atoms with Crippen LogP contribution >= 0.6 is 23.2 Å². The number of methoxy groups -OCH3 is 2. The number of aromatic nitrogens is 4. The summed E-state index contributed by atoms with van der Waals surface area (Å²) in [5, 5.41) is 3.43. The number of nitrogens with two attached hydrogens (primary N) is 2. The second-order valence-electron chi connectivity index (χ2n) is 10.1. The van der Waals surface area contributed by atoms with E-state index in [1.54, 1.807) is 11.8 Å². The molecule has 0 unspecified atom stereocenters. The highest BCUT2D eigenvalue weighted by Gasteiger charge is 2.46.